The molecule has 0 bridgehead atoms. The molecule has 2 saturated heterocycles. The first-order chi connectivity index (χ1) is 15.6. The van der Waals surface area contributed by atoms with Crippen molar-refractivity contribution >= 4 is 34.3 Å². The van der Waals surface area contributed by atoms with Gasteiger partial charge in [-0.1, -0.05) is 29.8 Å². The van der Waals surface area contributed by atoms with Crippen molar-refractivity contribution in [3.63, 3.8) is 0 Å². The maximum absolute atomic E-state index is 13.5. The van der Waals surface area contributed by atoms with Crippen LogP contribution in [-0.2, 0) is 9.53 Å². The summed E-state index contributed by atoms with van der Waals surface area (Å²) in [6.45, 7) is 2.59. The number of hydrogen-bond acceptors (Lipinski definition) is 5. The molecule has 1 aromatic carbocycles. The van der Waals surface area contributed by atoms with Crippen LogP contribution in [0.25, 0.3) is 22.3 Å². The van der Waals surface area contributed by atoms with E-state index in [0.717, 1.165) is 12.8 Å². The van der Waals surface area contributed by atoms with E-state index >= 15 is 0 Å². The van der Waals surface area contributed by atoms with Gasteiger partial charge in [-0.25, -0.2) is 4.98 Å². The molecule has 0 saturated carbocycles. The number of rotatable bonds is 3. The van der Waals surface area contributed by atoms with E-state index in [0.29, 0.717) is 65.7 Å². The molecule has 2 fully saturated rings. The number of halogens is 1. The van der Waals surface area contributed by atoms with Crippen molar-refractivity contribution in [2.24, 2.45) is 0 Å². The van der Waals surface area contributed by atoms with Crippen molar-refractivity contribution in [1.82, 2.24) is 19.8 Å². The van der Waals surface area contributed by atoms with Crippen LogP contribution in [0, 0.1) is 0 Å². The minimum absolute atomic E-state index is 0.0354. The van der Waals surface area contributed by atoms with Gasteiger partial charge in [-0.3, -0.25) is 14.6 Å². The average molecular weight is 451 g/mol. The average Bonchev–Trinajstić information content (AvgIpc) is 3.39. The molecule has 8 heteroatoms. The van der Waals surface area contributed by atoms with E-state index in [9.17, 15) is 9.59 Å². The standard InChI is InChI=1S/C24H23ClN4O3/c25-18-6-3-5-16-17(15-20(27-22(16)18)19-7-1-2-9-26-19)23(30)28-10-12-29(13-11-28)24(31)21-8-4-14-32-21/h1-3,5-7,9,15,21H,4,8,10-14H2/t21-/m0/s1. The summed E-state index contributed by atoms with van der Waals surface area (Å²) in [5, 5.41) is 1.20. The SMILES string of the molecule is O=C(c1cc(-c2ccccn2)nc2c(Cl)cccc12)N1CCN(C(=O)[C@@H]2CCCO2)CC1. The Morgan fingerprint density at radius 2 is 1.81 bits per heavy atom. The first kappa shape index (κ1) is 20.8. The second-order valence-electron chi connectivity index (χ2n) is 8.03. The fraction of sp³-hybridized carbons (Fsp3) is 0.333. The largest absolute Gasteiger partial charge is 0.368 e. The van der Waals surface area contributed by atoms with Crippen LogP contribution in [-0.4, -0.2) is 70.5 Å². The summed E-state index contributed by atoms with van der Waals surface area (Å²) in [7, 11) is 0. The zero-order chi connectivity index (χ0) is 22.1. The number of para-hydroxylation sites is 1. The second-order valence-corrected chi connectivity index (χ2v) is 8.43. The van der Waals surface area contributed by atoms with Crippen LogP contribution < -0.4 is 0 Å². The fourth-order valence-electron chi connectivity index (χ4n) is 4.31. The van der Waals surface area contributed by atoms with Gasteiger partial charge in [0.25, 0.3) is 11.8 Å². The molecule has 2 aromatic heterocycles. The van der Waals surface area contributed by atoms with E-state index in [4.69, 9.17) is 16.3 Å². The van der Waals surface area contributed by atoms with Crippen molar-refractivity contribution in [3.05, 3.63) is 59.2 Å². The highest BCUT2D eigenvalue weighted by Crippen LogP contribution is 2.29. The first-order valence-corrected chi connectivity index (χ1v) is 11.2. The van der Waals surface area contributed by atoms with Crippen LogP contribution in [0.1, 0.15) is 23.2 Å². The third-order valence-electron chi connectivity index (χ3n) is 6.03. The third-order valence-corrected chi connectivity index (χ3v) is 6.34. The number of carbonyl (C=O) groups excluding carboxylic acids is 2. The van der Waals surface area contributed by atoms with Crippen LogP contribution >= 0.6 is 11.6 Å². The number of fused-ring (bicyclic) bond motifs is 1. The Morgan fingerprint density at radius 3 is 2.53 bits per heavy atom. The molecule has 1 atom stereocenters. The maximum Gasteiger partial charge on any atom is 0.254 e. The molecule has 2 amide bonds. The summed E-state index contributed by atoms with van der Waals surface area (Å²) in [6, 6.07) is 12.8. The normalized spacial score (nSPS) is 18.8. The zero-order valence-electron chi connectivity index (χ0n) is 17.5. The molecule has 2 aliphatic heterocycles. The van der Waals surface area contributed by atoms with Gasteiger partial charge in [-0.2, -0.15) is 0 Å². The van der Waals surface area contributed by atoms with E-state index in [2.05, 4.69) is 9.97 Å². The number of pyridine rings is 2. The molecule has 0 N–H and O–H groups in total. The van der Waals surface area contributed by atoms with Crippen molar-refractivity contribution < 1.29 is 14.3 Å². The topological polar surface area (TPSA) is 75.6 Å². The molecule has 3 aromatic rings. The predicted octanol–water partition coefficient (Wildman–Crippen LogP) is 3.41. The summed E-state index contributed by atoms with van der Waals surface area (Å²) >= 11 is 6.43. The molecule has 0 spiro atoms. The van der Waals surface area contributed by atoms with Crippen LogP contribution in [0.5, 0.6) is 0 Å². The molecular formula is C24H23ClN4O3. The highest BCUT2D eigenvalue weighted by atomic mass is 35.5. The number of aromatic nitrogens is 2. The van der Waals surface area contributed by atoms with Crippen molar-refractivity contribution in [2.75, 3.05) is 32.8 Å². The Bertz CT molecular complexity index is 1160. The summed E-state index contributed by atoms with van der Waals surface area (Å²) in [5.74, 6) is -0.0609. The predicted molar refractivity (Wildman–Crippen MR) is 121 cm³/mol. The number of ether oxygens (including phenoxy) is 1. The lowest BCUT2D eigenvalue weighted by Gasteiger charge is -2.36. The molecule has 0 unspecified atom stereocenters. The summed E-state index contributed by atoms with van der Waals surface area (Å²) < 4.78 is 5.53. The number of piperazine rings is 1. The Labute approximate surface area is 191 Å². The highest BCUT2D eigenvalue weighted by Gasteiger charge is 2.32. The number of amides is 2. The van der Waals surface area contributed by atoms with Crippen molar-refractivity contribution in [3.8, 4) is 11.4 Å². The smallest absolute Gasteiger partial charge is 0.254 e. The van der Waals surface area contributed by atoms with Crippen molar-refractivity contribution in [1.29, 1.82) is 0 Å². The van der Waals surface area contributed by atoms with Crippen LogP contribution in [0.15, 0.2) is 48.7 Å². The minimum atomic E-state index is -0.329. The van der Waals surface area contributed by atoms with Gasteiger partial charge in [0.05, 0.1) is 27.5 Å². The Balaban J connectivity index is 1.42. The molecule has 0 radical (unpaired) electrons. The zero-order valence-corrected chi connectivity index (χ0v) is 18.3. The lowest BCUT2D eigenvalue weighted by molar-refractivity contribution is -0.142. The molecule has 32 heavy (non-hydrogen) atoms. The lowest BCUT2D eigenvalue weighted by Crippen LogP contribution is -2.52. The van der Waals surface area contributed by atoms with Gasteiger partial charge in [0.15, 0.2) is 0 Å². The molecule has 164 valence electrons. The van der Waals surface area contributed by atoms with E-state index in [1.807, 2.05) is 30.3 Å². The van der Waals surface area contributed by atoms with Crippen molar-refractivity contribution in [2.45, 2.75) is 18.9 Å². The summed E-state index contributed by atoms with van der Waals surface area (Å²) in [4.78, 5) is 38.8. The monoisotopic (exact) mass is 450 g/mol. The van der Waals surface area contributed by atoms with Crippen LogP contribution in [0.3, 0.4) is 0 Å². The van der Waals surface area contributed by atoms with E-state index in [1.54, 1.807) is 28.1 Å². The van der Waals surface area contributed by atoms with Crippen LogP contribution in [0.2, 0.25) is 5.02 Å². The molecule has 2 aliphatic rings. The fourth-order valence-corrected chi connectivity index (χ4v) is 4.53. The van der Waals surface area contributed by atoms with Gasteiger partial charge in [-0.05, 0) is 37.1 Å². The summed E-state index contributed by atoms with van der Waals surface area (Å²) in [6.07, 6.45) is 3.06. The Hall–Kier alpha value is -3.03. The van der Waals surface area contributed by atoms with Crippen LogP contribution in [0.4, 0.5) is 0 Å². The maximum atomic E-state index is 13.5. The molecule has 4 heterocycles. The van der Waals surface area contributed by atoms with Gasteiger partial charge in [0.1, 0.15) is 6.10 Å². The second kappa shape index (κ2) is 8.84. The highest BCUT2D eigenvalue weighted by molar-refractivity contribution is 6.35. The quantitative estimate of drug-likeness (QED) is 0.611. The molecule has 0 aliphatic carbocycles. The van der Waals surface area contributed by atoms with Gasteiger partial charge >= 0.3 is 0 Å². The molecule has 7 nitrogen and oxygen atoms in total. The number of nitrogens with zero attached hydrogens (tertiary/aromatic N) is 4. The molecular weight excluding hydrogens is 428 g/mol. The van der Waals surface area contributed by atoms with E-state index in [1.165, 1.54) is 0 Å². The number of carbonyl (C=O) groups is 2. The minimum Gasteiger partial charge on any atom is -0.368 e. The summed E-state index contributed by atoms with van der Waals surface area (Å²) in [5.41, 5.74) is 2.39. The third kappa shape index (κ3) is 3.94. The molecule has 5 rings (SSSR count). The number of benzene rings is 1. The number of hydrogen-bond donors (Lipinski definition) is 0. The van der Waals surface area contributed by atoms with Gasteiger partial charge in [0.2, 0.25) is 0 Å². The van der Waals surface area contributed by atoms with E-state index in [-0.39, 0.29) is 17.9 Å². The Kier molecular flexibility index (Phi) is 5.76. The Morgan fingerprint density at radius 1 is 1.00 bits per heavy atom. The lowest BCUT2D eigenvalue weighted by atomic mass is 10.0. The first-order valence-electron chi connectivity index (χ1n) is 10.8. The van der Waals surface area contributed by atoms with Gasteiger partial charge < -0.3 is 14.5 Å². The van der Waals surface area contributed by atoms with E-state index < -0.39 is 0 Å². The van der Waals surface area contributed by atoms with Gasteiger partial charge in [0, 0.05) is 44.4 Å². The van der Waals surface area contributed by atoms with Gasteiger partial charge in [-0.15, -0.1) is 0 Å².